The Morgan fingerprint density at radius 3 is 2.43 bits per heavy atom. The molecule has 8 heteroatoms. The summed E-state index contributed by atoms with van der Waals surface area (Å²) in [4.78, 5) is 13.0. The van der Waals surface area contributed by atoms with E-state index in [1.54, 1.807) is 33.5 Å². The van der Waals surface area contributed by atoms with Crippen LogP contribution in [-0.2, 0) is 6.54 Å². The maximum Gasteiger partial charge on any atom is 0.276 e. The minimum Gasteiger partial charge on any atom is -0.344 e. The second-order valence-electron chi connectivity index (χ2n) is 6.88. The molecule has 2 aromatic heterocycles. The lowest BCUT2D eigenvalue weighted by molar-refractivity contribution is 0.0934. The number of carbonyl (C=O) groups is 1. The van der Waals surface area contributed by atoms with Crippen molar-refractivity contribution in [1.82, 2.24) is 24.9 Å². The van der Waals surface area contributed by atoms with Gasteiger partial charge in [-0.2, -0.15) is 0 Å². The Balaban J connectivity index is 1.62. The molecule has 6 nitrogen and oxygen atoms in total. The quantitative estimate of drug-likeness (QED) is 0.500. The Kier molecular flexibility index (Phi) is 5.63. The molecule has 1 atom stereocenters. The Labute approximate surface area is 177 Å². The van der Waals surface area contributed by atoms with E-state index >= 15 is 0 Å². The third-order valence-electron chi connectivity index (χ3n) is 4.74. The van der Waals surface area contributed by atoms with Crippen molar-refractivity contribution in [2.75, 3.05) is 0 Å². The number of nitrogens with zero attached hydrogens (tertiary/aromatic N) is 4. The Bertz CT molecular complexity index is 1140. The molecule has 0 aliphatic carbocycles. The van der Waals surface area contributed by atoms with Crippen LogP contribution in [0.3, 0.4) is 0 Å². The monoisotopic (exact) mass is 423 g/mol. The fourth-order valence-corrected chi connectivity index (χ4v) is 3.28. The van der Waals surface area contributed by atoms with E-state index < -0.39 is 0 Å². The third-order valence-corrected chi connectivity index (χ3v) is 4.99. The maximum atomic E-state index is 13.2. The van der Waals surface area contributed by atoms with Crippen molar-refractivity contribution in [3.63, 3.8) is 0 Å². The number of halogens is 2. The van der Waals surface area contributed by atoms with Crippen molar-refractivity contribution >= 4 is 17.5 Å². The molecule has 2 aromatic carbocycles. The van der Waals surface area contributed by atoms with Gasteiger partial charge in [-0.25, -0.2) is 9.07 Å². The van der Waals surface area contributed by atoms with Crippen LogP contribution in [0.5, 0.6) is 0 Å². The molecule has 0 aliphatic rings. The van der Waals surface area contributed by atoms with E-state index in [0.717, 1.165) is 11.1 Å². The summed E-state index contributed by atoms with van der Waals surface area (Å²) in [5.74, 6) is -0.131. The minimum absolute atomic E-state index is 0.203. The summed E-state index contributed by atoms with van der Waals surface area (Å²) in [7, 11) is 0. The van der Waals surface area contributed by atoms with Crippen molar-refractivity contribution in [3.05, 3.63) is 101 Å². The van der Waals surface area contributed by atoms with Gasteiger partial charge in [0.15, 0.2) is 11.5 Å². The molecular formula is C22H19ClFN5O. The lowest BCUT2D eigenvalue weighted by atomic mass is 10.1. The van der Waals surface area contributed by atoms with Gasteiger partial charge in [0.2, 0.25) is 0 Å². The van der Waals surface area contributed by atoms with Gasteiger partial charge < -0.3 is 9.88 Å². The van der Waals surface area contributed by atoms with Gasteiger partial charge in [0.1, 0.15) is 5.82 Å². The first-order valence-corrected chi connectivity index (χ1v) is 9.76. The fourth-order valence-electron chi connectivity index (χ4n) is 3.16. The molecule has 30 heavy (non-hydrogen) atoms. The van der Waals surface area contributed by atoms with Crippen LogP contribution in [0.4, 0.5) is 4.39 Å². The zero-order valence-electron chi connectivity index (χ0n) is 16.2. The number of rotatable bonds is 6. The average molecular weight is 424 g/mol. The molecule has 1 unspecified atom stereocenters. The number of nitrogens with one attached hydrogen (secondary N) is 1. The van der Waals surface area contributed by atoms with Gasteiger partial charge in [0, 0.05) is 17.4 Å². The van der Waals surface area contributed by atoms with E-state index in [1.807, 2.05) is 43.6 Å². The third kappa shape index (κ3) is 4.26. The highest BCUT2D eigenvalue weighted by molar-refractivity contribution is 6.30. The molecule has 0 aliphatic heterocycles. The summed E-state index contributed by atoms with van der Waals surface area (Å²) in [6.45, 7) is 2.26. The van der Waals surface area contributed by atoms with Crippen LogP contribution in [0.2, 0.25) is 5.02 Å². The van der Waals surface area contributed by atoms with E-state index in [0.29, 0.717) is 17.4 Å². The zero-order chi connectivity index (χ0) is 21.1. The van der Waals surface area contributed by atoms with Gasteiger partial charge in [-0.1, -0.05) is 41.1 Å². The van der Waals surface area contributed by atoms with Crippen LogP contribution in [0.1, 0.15) is 34.6 Å². The molecule has 0 fully saturated rings. The molecule has 2 heterocycles. The molecule has 1 amide bonds. The van der Waals surface area contributed by atoms with E-state index in [9.17, 15) is 9.18 Å². The van der Waals surface area contributed by atoms with Crippen molar-refractivity contribution in [2.24, 2.45) is 0 Å². The highest BCUT2D eigenvalue weighted by atomic mass is 35.5. The second kappa shape index (κ2) is 8.51. The van der Waals surface area contributed by atoms with Gasteiger partial charge in [0.05, 0.1) is 12.6 Å². The Morgan fingerprint density at radius 2 is 1.77 bits per heavy atom. The first-order chi connectivity index (χ1) is 14.5. The molecular weight excluding hydrogens is 405 g/mol. The highest BCUT2D eigenvalue weighted by Crippen LogP contribution is 2.18. The topological polar surface area (TPSA) is 64.7 Å². The molecule has 152 valence electrons. The van der Waals surface area contributed by atoms with Crippen LogP contribution in [0.15, 0.2) is 73.1 Å². The summed E-state index contributed by atoms with van der Waals surface area (Å²) < 4.78 is 16.6. The summed E-state index contributed by atoms with van der Waals surface area (Å²) in [6, 6.07) is 16.8. The minimum atomic E-state index is -0.363. The Morgan fingerprint density at radius 1 is 1.10 bits per heavy atom. The molecule has 0 radical (unpaired) electrons. The molecule has 4 aromatic rings. The zero-order valence-corrected chi connectivity index (χ0v) is 16.9. The number of aromatic nitrogens is 4. The summed E-state index contributed by atoms with van der Waals surface area (Å²) in [5, 5.41) is 11.9. The molecule has 4 rings (SSSR count). The van der Waals surface area contributed by atoms with Crippen LogP contribution < -0.4 is 5.32 Å². The molecule has 0 spiro atoms. The van der Waals surface area contributed by atoms with Gasteiger partial charge in [0.25, 0.3) is 5.91 Å². The van der Waals surface area contributed by atoms with Crippen LogP contribution >= 0.6 is 11.6 Å². The summed E-state index contributed by atoms with van der Waals surface area (Å²) >= 11 is 5.97. The molecule has 0 saturated heterocycles. The van der Waals surface area contributed by atoms with Crippen LogP contribution in [-0.4, -0.2) is 25.5 Å². The summed E-state index contributed by atoms with van der Waals surface area (Å²) in [5.41, 5.74) is 1.97. The smallest absolute Gasteiger partial charge is 0.276 e. The number of benzene rings is 2. The van der Waals surface area contributed by atoms with E-state index in [1.165, 1.54) is 12.1 Å². The van der Waals surface area contributed by atoms with E-state index in [-0.39, 0.29) is 23.5 Å². The highest BCUT2D eigenvalue weighted by Gasteiger charge is 2.23. The maximum absolute atomic E-state index is 13.2. The normalized spacial score (nSPS) is 12.0. The number of amides is 1. The van der Waals surface area contributed by atoms with Gasteiger partial charge >= 0.3 is 0 Å². The van der Waals surface area contributed by atoms with Crippen molar-refractivity contribution in [1.29, 1.82) is 0 Å². The predicted octanol–water partition coefficient (Wildman–Crippen LogP) is 4.40. The second-order valence-corrected chi connectivity index (χ2v) is 7.32. The average Bonchev–Trinajstić information content (AvgIpc) is 3.40. The summed E-state index contributed by atoms with van der Waals surface area (Å²) in [6.07, 6.45) is 3.66. The number of hydrogen-bond donors (Lipinski definition) is 1. The van der Waals surface area contributed by atoms with Crippen molar-refractivity contribution in [2.45, 2.75) is 19.5 Å². The predicted molar refractivity (Wildman–Crippen MR) is 112 cm³/mol. The Hall–Kier alpha value is -3.45. The van der Waals surface area contributed by atoms with Crippen LogP contribution in [0, 0.1) is 5.82 Å². The molecule has 0 bridgehead atoms. The largest absolute Gasteiger partial charge is 0.344 e. The fraction of sp³-hybridized carbons (Fsp3) is 0.136. The molecule has 1 N–H and O–H groups in total. The van der Waals surface area contributed by atoms with E-state index in [4.69, 9.17) is 11.6 Å². The lowest BCUT2D eigenvalue weighted by Crippen LogP contribution is -2.28. The van der Waals surface area contributed by atoms with E-state index in [2.05, 4.69) is 15.6 Å². The standard InChI is InChI=1S/C22H19ClFN5O/c1-15(17-6-10-19(24)11-7-17)25-21(30)20-22(28-12-2-3-13-28)29(27-26-20)14-16-4-8-18(23)9-5-16/h2-13,15H,14H2,1H3,(H,25,30). The van der Waals surface area contributed by atoms with Crippen molar-refractivity contribution < 1.29 is 9.18 Å². The van der Waals surface area contributed by atoms with Gasteiger partial charge in [-0.3, -0.25) is 4.79 Å². The number of hydrogen-bond acceptors (Lipinski definition) is 3. The van der Waals surface area contributed by atoms with Gasteiger partial charge in [-0.15, -0.1) is 5.10 Å². The first-order valence-electron chi connectivity index (χ1n) is 9.39. The first kappa shape index (κ1) is 19.8. The van der Waals surface area contributed by atoms with Crippen molar-refractivity contribution in [3.8, 4) is 5.82 Å². The van der Waals surface area contributed by atoms with Crippen LogP contribution in [0.25, 0.3) is 5.82 Å². The SMILES string of the molecule is CC(NC(=O)c1nnn(Cc2ccc(Cl)cc2)c1-n1cccc1)c1ccc(F)cc1. The van der Waals surface area contributed by atoms with Gasteiger partial charge in [-0.05, 0) is 54.4 Å². The molecule has 0 saturated carbocycles. The number of carbonyl (C=O) groups excluding carboxylic acids is 1. The lowest BCUT2D eigenvalue weighted by Gasteiger charge is -2.14.